The summed E-state index contributed by atoms with van der Waals surface area (Å²) in [5.41, 5.74) is 1.88. The molecule has 6 nitrogen and oxygen atoms in total. The third kappa shape index (κ3) is 2.02. The van der Waals surface area contributed by atoms with Gasteiger partial charge in [0.2, 0.25) is 0 Å². The van der Waals surface area contributed by atoms with Crippen molar-refractivity contribution in [3.8, 4) is 0 Å². The van der Waals surface area contributed by atoms with Crippen molar-refractivity contribution in [2.45, 2.75) is 38.9 Å². The normalized spacial score (nSPS) is 20.1. The van der Waals surface area contributed by atoms with E-state index in [9.17, 15) is 4.79 Å². The van der Waals surface area contributed by atoms with E-state index in [1.54, 1.807) is 12.4 Å². The Morgan fingerprint density at radius 2 is 1.81 bits per heavy atom. The summed E-state index contributed by atoms with van der Waals surface area (Å²) in [4.78, 5) is 27.1. The van der Waals surface area contributed by atoms with Crippen LogP contribution in [0, 0.1) is 0 Å². The van der Waals surface area contributed by atoms with Gasteiger partial charge in [-0.2, -0.15) is 0 Å². The van der Waals surface area contributed by atoms with Crippen LogP contribution in [-0.4, -0.2) is 27.0 Å². The zero-order valence-corrected chi connectivity index (χ0v) is 12.9. The number of aromatic nitrogens is 2. The largest absolute Gasteiger partial charge is 0.348 e. The van der Waals surface area contributed by atoms with E-state index in [4.69, 9.17) is 9.68 Å². The second-order valence-corrected chi connectivity index (χ2v) is 6.33. The van der Waals surface area contributed by atoms with Crippen molar-refractivity contribution in [3.05, 3.63) is 24.0 Å². The van der Waals surface area contributed by atoms with Crippen LogP contribution in [0.4, 0.5) is 5.69 Å². The lowest BCUT2D eigenvalue weighted by atomic mass is 9.90. The third-order valence-electron chi connectivity index (χ3n) is 4.25. The first kappa shape index (κ1) is 14.0. The predicted octanol–water partition coefficient (Wildman–Crippen LogP) is 2.63. The molecule has 21 heavy (non-hydrogen) atoms. The number of carbonyl (C=O) groups is 1. The lowest BCUT2D eigenvalue weighted by Crippen LogP contribution is -2.41. The van der Waals surface area contributed by atoms with Crippen molar-refractivity contribution < 1.29 is 14.5 Å². The number of aryl methyl sites for hydroxylation is 1. The average molecular weight is 289 g/mol. The lowest BCUT2D eigenvalue weighted by Gasteiger charge is -2.26. The summed E-state index contributed by atoms with van der Waals surface area (Å²) in [6.45, 7) is 7.91. The number of aldehydes is 1. The Kier molecular flexibility index (Phi) is 2.86. The van der Waals surface area contributed by atoms with Crippen molar-refractivity contribution in [1.29, 1.82) is 0 Å². The van der Waals surface area contributed by atoms with Crippen molar-refractivity contribution in [3.63, 3.8) is 0 Å². The van der Waals surface area contributed by atoms with E-state index in [-0.39, 0.29) is 0 Å². The van der Waals surface area contributed by atoms with Gasteiger partial charge in [0.25, 0.3) is 0 Å². The molecule has 0 saturated carbocycles. The number of fused-ring (bicyclic) bond motifs is 1. The van der Waals surface area contributed by atoms with Crippen LogP contribution in [0.15, 0.2) is 18.5 Å². The molecule has 0 bridgehead atoms. The molecule has 1 saturated heterocycles. The molecular formula is C15H19N3O3. The molecule has 0 atom stereocenters. The fourth-order valence-electron chi connectivity index (χ4n) is 2.22. The molecule has 1 fully saturated rings. The monoisotopic (exact) mass is 289 g/mol. The Balaban J connectivity index is 2.03. The molecule has 0 spiro atoms. The maximum atomic E-state index is 11.0. The Labute approximate surface area is 123 Å². The molecule has 2 aromatic rings. The summed E-state index contributed by atoms with van der Waals surface area (Å²) in [7, 11) is 1.88. The first-order chi connectivity index (χ1) is 9.75. The van der Waals surface area contributed by atoms with E-state index in [0.29, 0.717) is 16.8 Å². The van der Waals surface area contributed by atoms with Crippen LogP contribution in [0.3, 0.4) is 0 Å². The highest BCUT2D eigenvalue weighted by molar-refractivity contribution is 5.95. The molecule has 3 rings (SSSR count). The number of pyridine rings is 1. The molecule has 0 unspecified atom stereocenters. The Bertz CT molecular complexity index is 702. The zero-order chi connectivity index (χ0) is 15.4. The Hall–Kier alpha value is -1.92. The van der Waals surface area contributed by atoms with Crippen LogP contribution in [0.2, 0.25) is 0 Å². The van der Waals surface area contributed by atoms with Gasteiger partial charge in [-0.3, -0.25) is 9.78 Å². The summed E-state index contributed by atoms with van der Waals surface area (Å²) in [5, 5.41) is 1.40. The minimum atomic E-state index is -0.454. The van der Waals surface area contributed by atoms with E-state index in [0.717, 1.165) is 11.8 Å². The Morgan fingerprint density at radius 3 is 2.38 bits per heavy atom. The SMILES string of the molecule is Cn1cc(C=O)c2ncc(N3OC(C)(C)C(C)(C)O3)cc21. The Morgan fingerprint density at radius 1 is 1.19 bits per heavy atom. The fraction of sp³-hybridized carbons (Fsp3) is 0.467. The molecule has 0 aliphatic carbocycles. The van der Waals surface area contributed by atoms with Crippen LogP contribution in [-0.2, 0) is 16.7 Å². The summed E-state index contributed by atoms with van der Waals surface area (Å²) in [6, 6.07) is 1.90. The first-order valence-corrected chi connectivity index (χ1v) is 6.84. The second kappa shape index (κ2) is 4.29. The standard InChI is InChI=1S/C15H19N3O3/c1-14(2)15(3,4)21-18(20-14)11-6-12-13(16-7-11)10(9-19)8-17(12)5/h6-9H,1-5H3. The molecule has 0 radical (unpaired) electrons. The number of anilines is 1. The highest BCUT2D eigenvalue weighted by Gasteiger charge is 2.50. The summed E-state index contributed by atoms with van der Waals surface area (Å²) < 4.78 is 1.86. The summed E-state index contributed by atoms with van der Waals surface area (Å²) in [6.07, 6.45) is 4.21. The summed E-state index contributed by atoms with van der Waals surface area (Å²) in [5.74, 6) is 0. The van der Waals surface area contributed by atoms with Gasteiger partial charge in [0.15, 0.2) is 6.29 Å². The number of carbonyl (C=O) groups excluding carboxylic acids is 1. The molecule has 0 N–H and O–H groups in total. The number of hydrogen-bond donors (Lipinski definition) is 0. The van der Waals surface area contributed by atoms with Crippen molar-refractivity contribution >= 4 is 23.0 Å². The number of nitrogens with zero attached hydrogens (tertiary/aromatic N) is 3. The van der Waals surface area contributed by atoms with E-state index in [1.807, 2.05) is 45.4 Å². The van der Waals surface area contributed by atoms with Gasteiger partial charge in [0.05, 0.1) is 22.8 Å². The number of rotatable bonds is 2. The van der Waals surface area contributed by atoms with Gasteiger partial charge < -0.3 is 4.57 Å². The van der Waals surface area contributed by atoms with Crippen molar-refractivity contribution in [1.82, 2.24) is 9.55 Å². The quantitative estimate of drug-likeness (QED) is 0.795. The molecule has 112 valence electrons. The summed E-state index contributed by atoms with van der Waals surface area (Å²) >= 11 is 0. The number of hydrogen-bond acceptors (Lipinski definition) is 5. The topological polar surface area (TPSA) is 56.6 Å². The smallest absolute Gasteiger partial charge is 0.153 e. The van der Waals surface area contributed by atoms with E-state index in [1.165, 1.54) is 5.23 Å². The van der Waals surface area contributed by atoms with Crippen LogP contribution in [0.5, 0.6) is 0 Å². The molecule has 3 heterocycles. The van der Waals surface area contributed by atoms with E-state index in [2.05, 4.69) is 4.98 Å². The highest BCUT2D eigenvalue weighted by Crippen LogP contribution is 2.40. The van der Waals surface area contributed by atoms with Gasteiger partial charge in [-0.25, -0.2) is 9.68 Å². The van der Waals surface area contributed by atoms with Gasteiger partial charge >= 0.3 is 0 Å². The van der Waals surface area contributed by atoms with Gasteiger partial charge in [-0.15, -0.1) is 5.23 Å². The highest BCUT2D eigenvalue weighted by atomic mass is 17.0. The second-order valence-electron chi connectivity index (χ2n) is 6.33. The molecule has 1 aliphatic rings. The first-order valence-electron chi connectivity index (χ1n) is 6.84. The van der Waals surface area contributed by atoms with E-state index >= 15 is 0 Å². The predicted molar refractivity (Wildman–Crippen MR) is 78.9 cm³/mol. The van der Waals surface area contributed by atoms with Crippen LogP contribution in [0.1, 0.15) is 38.1 Å². The third-order valence-corrected chi connectivity index (χ3v) is 4.25. The van der Waals surface area contributed by atoms with Crippen LogP contribution >= 0.6 is 0 Å². The maximum Gasteiger partial charge on any atom is 0.153 e. The molecule has 0 amide bonds. The minimum Gasteiger partial charge on any atom is -0.348 e. The molecule has 0 aromatic carbocycles. The van der Waals surface area contributed by atoms with Crippen LogP contribution < -0.4 is 5.23 Å². The van der Waals surface area contributed by atoms with Crippen molar-refractivity contribution in [2.24, 2.45) is 7.05 Å². The zero-order valence-electron chi connectivity index (χ0n) is 12.9. The fourth-order valence-corrected chi connectivity index (χ4v) is 2.22. The van der Waals surface area contributed by atoms with Gasteiger partial charge in [-0.05, 0) is 33.8 Å². The van der Waals surface area contributed by atoms with Crippen molar-refractivity contribution in [2.75, 3.05) is 5.23 Å². The minimum absolute atomic E-state index is 0.454. The van der Waals surface area contributed by atoms with Gasteiger partial charge in [0, 0.05) is 13.2 Å². The van der Waals surface area contributed by atoms with E-state index < -0.39 is 11.2 Å². The molecule has 1 aliphatic heterocycles. The van der Waals surface area contributed by atoms with Gasteiger partial charge in [0.1, 0.15) is 16.9 Å². The van der Waals surface area contributed by atoms with Gasteiger partial charge in [-0.1, -0.05) is 0 Å². The average Bonchev–Trinajstić information content (AvgIpc) is 2.84. The molecule has 6 heteroatoms. The lowest BCUT2D eigenvalue weighted by molar-refractivity contribution is -0.0273. The van der Waals surface area contributed by atoms with Crippen LogP contribution in [0.25, 0.3) is 11.0 Å². The maximum absolute atomic E-state index is 11.0. The molecular weight excluding hydrogens is 270 g/mol. The molecule has 2 aromatic heterocycles.